The van der Waals surface area contributed by atoms with Crippen LogP contribution in [-0.4, -0.2) is 25.3 Å². The number of anilines is 2. The summed E-state index contributed by atoms with van der Waals surface area (Å²) in [6, 6.07) is 8.01. The lowest BCUT2D eigenvalue weighted by Gasteiger charge is -2.19. The molecule has 0 fully saturated rings. The lowest BCUT2D eigenvalue weighted by Crippen LogP contribution is -2.21. The Morgan fingerprint density at radius 2 is 2.18 bits per heavy atom. The lowest BCUT2D eigenvalue weighted by atomic mass is 10.1. The zero-order valence-electron chi connectivity index (χ0n) is 9.76. The Kier molecular flexibility index (Phi) is 3.66. The highest BCUT2D eigenvalue weighted by Gasteiger charge is 2.07. The maximum atomic E-state index is 8.94. The molecule has 2 aromatic rings. The number of benzene rings is 1. The van der Waals surface area contributed by atoms with E-state index in [9.17, 15) is 0 Å². The minimum absolute atomic E-state index is 0.147. The number of aliphatic hydroxyl groups excluding tert-OH is 1. The molecule has 3 N–H and O–H groups in total. The number of aliphatic hydroxyl groups is 1. The van der Waals surface area contributed by atoms with Crippen LogP contribution in [0.5, 0.6) is 0 Å². The van der Waals surface area contributed by atoms with Gasteiger partial charge in [0.1, 0.15) is 0 Å². The van der Waals surface area contributed by atoms with Crippen molar-refractivity contribution in [1.82, 2.24) is 0 Å². The van der Waals surface area contributed by atoms with Crippen molar-refractivity contribution in [2.24, 2.45) is 0 Å². The van der Waals surface area contributed by atoms with Crippen LogP contribution in [0.1, 0.15) is 0 Å². The third-order valence-corrected chi connectivity index (χ3v) is 3.43. The maximum absolute atomic E-state index is 8.94. The van der Waals surface area contributed by atoms with Crippen LogP contribution < -0.4 is 10.6 Å². The van der Waals surface area contributed by atoms with Crippen molar-refractivity contribution >= 4 is 22.7 Å². The van der Waals surface area contributed by atoms with Crippen molar-refractivity contribution in [2.45, 2.75) is 0 Å². The van der Waals surface area contributed by atoms with Crippen molar-refractivity contribution in [3.05, 3.63) is 35.0 Å². The SMILES string of the molecule is CN(CCO)c1ccc(N)c(-c2ccsc2)c1. The third kappa shape index (κ3) is 2.60. The Balaban J connectivity index is 2.36. The molecule has 4 heteroatoms. The number of thiophene rings is 1. The number of nitrogens with two attached hydrogens (primary N) is 1. The van der Waals surface area contributed by atoms with Crippen molar-refractivity contribution in [3.63, 3.8) is 0 Å². The van der Waals surface area contributed by atoms with Crippen molar-refractivity contribution in [2.75, 3.05) is 30.8 Å². The highest BCUT2D eigenvalue weighted by atomic mass is 32.1. The number of nitrogens with zero attached hydrogens (tertiary/aromatic N) is 1. The molecule has 0 bridgehead atoms. The zero-order valence-corrected chi connectivity index (χ0v) is 10.6. The zero-order chi connectivity index (χ0) is 12.3. The van der Waals surface area contributed by atoms with E-state index in [1.54, 1.807) is 11.3 Å². The van der Waals surface area contributed by atoms with Gasteiger partial charge in [0.05, 0.1) is 6.61 Å². The van der Waals surface area contributed by atoms with Crippen LogP contribution in [0.4, 0.5) is 11.4 Å². The fourth-order valence-electron chi connectivity index (χ4n) is 1.73. The standard InChI is InChI=1S/C13H16N2OS/c1-15(5-6-16)11-2-3-13(14)12(8-11)10-4-7-17-9-10/h2-4,7-9,16H,5-6,14H2,1H3. The van der Waals surface area contributed by atoms with Crippen LogP contribution >= 0.6 is 11.3 Å². The Morgan fingerprint density at radius 1 is 1.35 bits per heavy atom. The van der Waals surface area contributed by atoms with Gasteiger partial charge >= 0.3 is 0 Å². The van der Waals surface area contributed by atoms with E-state index in [-0.39, 0.29) is 6.61 Å². The van der Waals surface area contributed by atoms with Gasteiger partial charge in [0.15, 0.2) is 0 Å². The third-order valence-electron chi connectivity index (χ3n) is 2.75. The Labute approximate surface area is 105 Å². The molecule has 0 aliphatic carbocycles. The highest BCUT2D eigenvalue weighted by Crippen LogP contribution is 2.31. The molecule has 0 radical (unpaired) electrons. The molecule has 17 heavy (non-hydrogen) atoms. The van der Waals surface area contributed by atoms with E-state index >= 15 is 0 Å². The first-order chi connectivity index (χ1) is 8.22. The van der Waals surface area contributed by atoms with Gasteiger partial charge in [-0.15, -0.1) is 0 Å². The van der Waals surface area contributed by atoms with Gasteiger partial charge < -0.3 is 15.7 Å². The molecule has 0 saturated carbocycles. The molecule has 0 aliphatic rings. The van der Waals surface area contributed by atoms with Crippen LogP contribution in [0.15, 0.2) is 35.0 Å². The van der Waals surface area contributed by atoms with E-state index in [2.05, 4.69) is 17.5 Å². The molecule has 0 spiro atoms. The number of nitrogen functional groups attached to an aromatic ring is 1. The van der Waals surface area contributed by atoms with E-state index in [0.717, 1.165) is 22.5 Å². The molecule has 0 aliphatic heterocycles. The lowest BCUT2D eigenvalue weighted by molar-refractivity contribution is 0.304. The summed E-state index contributed by atoms with van der Waals surface area (Å²) < 4.78 is 0. The second kappa shape index (κ2) is 5.21. The molecule has 0 unspecified atom stereocenters. The van der Waals surface area contributed by atoms with Crippen molar-refractivity contribution < 1.29 is 5.11 Å². The first kappa shape index (κ1) is 12.0. The summed E-state index contributed by atoms with van der Waals surface area (Å²) in [5.41, 5.74) is 10.0. The van der Waals surface area contributed by atoms with Crippen LogP contribution in [0, 0.1) is 0 Å². The normalized spacial score (nSPS) is 10.5. The number of likely N-dealkylation sites (N-methyl/N-ethyl adjacent to an activating group) is 1. The summed E-state index contributed by atoms with van der Waals surface area (Å²) >= 11 is 1.66. The molecule has 0 saturated heterocycles. The van der Waals surface area contributed by atoms with E-state index in [0.29, 0.717) is 6.54 Å². The Bertz CT molecular complexity index is 482. The first-order valence-corrected chi connectivity index (χ1v) is 6.40. The molecule has 1 aromatic carbocycles. The topological polar surface area (TPSA) is 49.5 Å². The van der Waals surface area contributed by atoms with Gasteiger partial charge in [-0.1, -0.05) is 0 Å². The summed E-state index contributed by atoms with van der Waals surface area (Å²) in [7, 11) is 1.96. The van der Waals surface area contributed by atoms with E-state index in [1.807, 2.05) is 29.5 Å². The van der Waals surface area contributed by atoms with E-state index in [4.69, 9.17) is 10.8 Å². The van der Waals surface area contributed by atoms with Crippen molar-refractivity contribution in [1.29, 1.82) is 0 Å². The van der Waals surface area contributed by atoms with Crippen LogP contribution in [-0.2, 0) is 0 Å². The minimum Gasteiger partial charge on any atom is -0.398 e. The van der Waals surface area contributed by atoms with Crippen LogP contribution in [0.2, 0.25) is 0 Å². The Hall–Kier alpha value is -1.52. The second-order valence-electron chi connectivity index (χ2n) is 3.93. The average Bonchev–Trinajstić information content (AvgIpc) is 2.83. The summed E-state index contributed by atoms with van der Waals surface area (Å²) in [4.78, 5) is 2.01. The fourth-order valence-corrected chi connectivity index (χ4v) is 2.38. The summed E-state index contributed by atoms with van der Waals surface area (Å²) in [5.74, 6) is 0. The fraction of sp³-hybridized carbons (Fsp3) is 0.231. The molecular formula is C13H16N2OS. The highest BCUT2D eigenvalue weighted by molar-refractivity contribution is 7.08. The molecule has 90 valence electrons. The molecule has 0 amide bonds. The quantitative estimate of drug-likeness (QED) is 0.817. The predicted molar refractivity (Wildman–Crippen MR) is 74.5 cm³/mol. The predicted octanol–water partition coefficient (Wildman–Crippen LogP) is 2.43. The van der Waals surface area contributed by atoms with E-state index < -0.39 is 0 Å². The molecular weight excluding hydrogens is 232 g/mol. The van der Waals surface area contributed by atoms with Gasteiger partial charge in [-0.3, -0.25) is 0 Å². The summed E-state index contributed by atoms with van der Waals surface area (Å²) in [6.45, 7) is 0.766. The number of hydrogen-bond acceptors (Lipinski definition) is 4. The smallest absolute Gasteiger partial charge is 0.0606 e. The summed E-state index contributed by atoms with van der Waals surface area (Å²) in [6.07, 6.45) is 0. The summed E-state index contributed by atoms with van der Waals surface area (Å²) in [5, 5.41) is 13.1. The van der Waals surface area contributed by atoms with Gasteiger partial charge in [0, 0.05) is 30.5 Å². The van der Waals surface area contributed by atoms with Crippen molar-refractivity contribution in [3.8, 4) is 11.1 Å². The van der Waals surface area contributed by atoms with Gasteiger partial charge in [0.25, 0.3) is 0 Å². The van der Waals surface area contributed by atoms with Gasteiger partial charge in [-0.05, 0) is 40.6 Å². The van der Waals surface area contributed by atoms with Crippen LogP contribution in [0.25, 0.3) is 11.1 Å². The van der Waals surface area contributed by atoms with Crippen LogP contribution in [0.3, 0.4) is 0 Å². The molecule has 1 aromatic heterocycles. The molecule has 1 heterocycles. The number of hydrogen-bond donors (Lipinski definition) is 2. The monoisotopic (exact) mass is 248 g/mol. The van der Waals surface area contributed by atoms with E-state index in [1.165, 1.54) is 0 Å². The molecule has 0 atom stereocenters. The van der Waals surface area contributed by atoms with Gasteiger partial charge in [-0.2, -0.15) is 11.3 Å². The van der Waals surface area contributed by atoms with Gasteiger partial charge in [-0.25, -0.2) is 0 Å². The maximum Gasteiger partial charge on any atom is 0.0606 e. The largest absolute Gasteiger partial charge is 0.398 e. The second-order valence-corrected chi connectivity index (χ2v) is 4.71. The minimum atomic E-state index is 0.147. The van der Waals surface area contributed by atoms with Gasteiger partial charge in [0.2, 0.25) is 0 Å². The first-order valence-electron chi connectivity index (χ1n) is 5.46. The average molecular weight is 248 g/mol. The molecule has 3 nitrogen and oxygen atoms in total. The molecule has 2 rings (SSSR count). The number of rotatable bonds is 4. The Morgan fingerprint density at radius 3 is 2.82 bits per heavy atom.